The molecule has 0 fully saturated rings. The molecule has 10 nitrogen and oxygen atoms in total. The van der Waals surface area contributed by atoms with Gasteiger partial charge in [0.2, 0.25) is 0 Å². The monoisotopic (exact) mass is 369 g/mol. The fourth-order valence-corrected chi connectivity index (χ4v) is 2.32. The van der Waals surface area contributed by atoms with E-state index in [2.05, 4.69) is 5.32 Å². The van der Waals surface area contributed by atoms with E-state index in [1.54, 1.807) is 27.7 Å². The molecule has 0 aliphatic carbocycles. The van der Waals surface area contributed by atoms with Gasteiger partial charge in [0.1, 0.15) is 5.69 Å². The largest absolute Gasteiger partial charge is 0.481 e. The van der Waals surface area contributed by atoms with Crippen LogP contribution >= 0.6 is 0 Å². The molecule has 0 unspecified atom stereocenters. The van der Waals surface area contributed by atoms with Gasteiger partial charge in [-0.2, -0.15) is 0 Å². The predicted octanol–water partition coefficient (Wildman–Crippen LogP) is 3.35. The average Bonchev–Trinajstić information content (AvgIpc) is 2.44. The number of non-ortho nitro benzene ring substituents is 1. The number of carboxylic acid groups (broad SMARTS) is 1. The molecular formula is C16H23N3O7. The molecule has 2 N–H and O–H groups in total. The maximum atomic E-state index is 11.2. The minimum absolute atomic E-state index is 0.144. The van der Waals surface area contributed by atoms with Crippen molar-refractivity contribution in [2.24, 2.45) is 0 Å². The summed E-state index contributed by atoms with van der Waals surface area (Å²) in [5, 5.41) is 33.8. The van der Waals surface area contributed by atoms with Crippen LogP contribution < -0.4 is 5.32 Å². The third kappa shape index (κ3) is 6.63. The Morgan fingerprint density at radius 3 is 2.31 bits per heavy atom. The van der Waals surface area contributed by atoms with Gasteiger partial charge in [0.25, 0.3) is 11.4 Å². The Morgan fingerprint density at radius 1 is 1.19 bits per heavy atom. The van der Waals surface area contributed by atoms with Crippen LogP contribution in [0.25, 0.3) is 0 Å². The zero-order chi connectivity index (χ0) is 20.1. The maximum absolute atomic E-state index is 11.2. The molecule has 0 spiro atoms. The van der Waals surface area contributed by atoms with Gasteiger partial charge in [0.15, 0.2) is 0 Å². The zero-order valence-corrected chi connectivity index (χ0v) is 15.1. The standard InChI is InChI=1S/C16H23N3O7/c1-15(2,7-8-26-16(3,4)10-14(20)21)17-12-6-5-11(18(22)23)9-13(12)19(24)25/h5-6,9,17H,7-8,10H2,1-4H3,(H,20,21). The van der Waals surface area contributed by atoms with E-state index in [1.165, 1.54) is 12.1 Å². The summed E-state index contributed by atoms with van der Waals surface area (Å²) < 4.78 is 5.60. The number of hydrogen-bond donors (Lipinski definition) is 2. The van der Waals surface area contributed by atoms with Gasteiger partial charge in [-0.25, -0.2) is 0 Å². The van der Waals surface area contributed by atoms with Crippen LogP contribution in [0.5, 0.6) is 0 Å². The van der Waals surface area contributed by atoms with Crippen molar-refractivity contribution >= 4 is 23.0 Å². The molecule has 0 radical (unpaired) electrons. The minimum atomic E-state index is -0.964. The first kappa shape index (κ1) is 21.3. The molecule has 0 heterocycles. The molecule has 0 saturated heterocycles. The summed E-state index contributed by atoms with van der Waals surface area (Å²) in [7, 11) is 0. The first-order valence-corrected chi connectivity index (χ1v) is 7.90. The fraction of sp³-hybridized carbons (Fsp3) is 0.562. The molecule has 0 aromatic heterocycles. The molecule has 10 heteroatoms. The summed E-state index contributed by atoms with van der Waals surface area (Å²) in [5.74, 6) is -0.964. The number of nitrogens with one attached hydrogen (secondary N) is 1. The second-order valence-electron chi connectivity index (χ2n) is 7.15. The van der Waals surface area contributed by atoms with E-state index >= 15 is 0 Å². The Kier molecular flexibility index (Phi) is 6.62. The number of carboxylic acids is 1. The Bertz CT molecular complexity index is 701. The second kappa shape index (κ2) is 8.09. The van der Waals surface area contributed by atoms with Crippen LogP contribution in [-0.4, -0.2) is 38.7 Å². The highest BCUT2D eigenvalue weighted by Gasteiger charge is 2.27. The number of hydrogen-bond acceptors (Lipinski definition) is 7. The lowest BCUT2D eigenvalue weighted by Gasteiger charge is -2.30. The molecule has 1 aromatic carbocycles. The summed E-state index contributed by atoms with van der Waals surface area (Å²) in [6.45, 7) is 7.17. The molecule has 0 aliphatic heterocycles. The molecule has 26 heavy (non-hydrogen) atoms. The van der Waals surface area contributed by atoms with Crippen molar-refractivity contribution in [3.63, 3.8) is 0 Å². The van der Waals surface area contributed by atoms with E-state index < -0.39 is 27.0 Å². The van der Waals surface area contributed by atoms with Gasteiger partial charge < -0.3 is 15.2 Å². The van der Waals surface area contributed by atoms with Crippen molar-refractivity contribution in [3.05, 3.63) is 38.4 Å². The first-order valence-electron chi connectivity index (χ1n) is 7.90. The number of nitrogens with zero attached hydrogens (tertiary/aromatic N) is 2. The number of ether oxygens (including phenoxy) is 1. The number of rotatable bonds is 10. The first-order chi connectivity index (χ1) is 11.8. The van der Waals surface area contributed by atoms with Gasteiger partial charge in [0, 0.05) is 18.2 Å². The lowest BCUT2D eigenvalue weighted by atomic mass is 9.99. The molecule has 0 amide bonds. The molecule has 0 bridgehead atoms. The molecule has 144 valence electrons. The summed E-state index contributed by atoms with van der Waals surface area (Å²) in [6.07, 6.45) is 0.291. The van der Waals surface area contributed by atoms with Crippen molar-refractivity contribution in [3.8, 4) is 0 Å². The molecular weight excluding hydrogens is 346 g/mol. The van der Waals surface area contributed by atoms with Crippen LogP contribution in [0.3, 0.4) is 0 Å². The molecule has 0 atom stereocenters. The third-order valence-electron chi connectivity index (χ3n) is 3.66. The Balaban J connectivity index is 2.81. The molecule has 1 aromatic rings. The van der Waals surface area contributed by atoms with E-state index in [-0.39, 0.29) is 30.1 Å². The molecule has 1 rings (SSSR count). The SMILES string of the molecule is CC(C)(CCOC(C)(C)CC(=O)O)Nc1ccc([N+](=O)[O-])cc1[N+](=O)[O-]. The quantitative estimate of drug-likeness (QED) is 0.471. The number of nitro groups is 2. The lowest BCUT2D eigenvalue weighted by Crippen LogP contribution is -2.35. The zero-order valence-electron chi connectivity index (χ0n) is 15.1. The number of carbonyl (C=O) groups is 1. The van der Waals surface area contributed by atoms with Crippen molar-refractivity contribution in [2.75, 3.05) is 11.9 Å². The normalized spacial score (nSPS) is 11.8. The van der Waals surface area contributed by atoms with Gasteiger partial charge in [0.05, 0.1) is 27.9 Å². The molecule has 0 aliphatic rings. The summed E-state index contributed by atoms with van der Waals surface area (Å²) in [4.78, 5) is 31.4. The van der Waals surface area contributed by atoms with Gasteiger partial charge >= 0.3 is 5.97 Å². The second-order valence-corrected chi connectivity index (χ2v) is 7.15. The Morgan fingerprint density at radius 2 is 1.81 bits per heavy atom. The van der Waals surface area contributed by atoms with Gasteiger partial charge in [-0.3, -0.25) is 25.0 Å². The number of aliphatic carboxylic acids is 1. The summed E-state index contributed by atoms with van der Waals surface area (Å²) >= 11 is 0. The highest BCUT2D eigenvalue weighted by atomic mass is 16.6. The molecule has 0 saturated carbocycles. The smallest absolute Gasteiger partial charge is 0.306 e. The number of nitro benzene ring substituents is 2. The van der Waals surface area contributed by atoms with Crippen LogP contribution in [-0.2, 0) is 9.53 Å². The van der Waals surface area contributed by atoms with Crippen LogP contribution in [0, 0.1) is 20.2 Å². The predicted molar refractivity (Wildman–Crippen MR) is 94.4 cm³/mol. The highest BCUT2D eigenvalue weighted by Crippen LogP contribution is 2.32. The van der Waals surface area contributed by atoms with Gasteiger partial charge in [-0.1, -0.05) is 0 Å². The van der Waals surface area contributed by atoms with Crippen LogP contribution in [0.2, 0.25) is 0 Å². The lowest BCUT2D eigenvalue weighted by molar-refractivity contribution is -0.393. The highest BCUT2D eigenvalue weighted by molar-refractivity contribution is 5.68. The van der Waals surface area contributed by atoms with E-state index in [0.29, 0.717) is 6.42 Å². The van der Waals surface area contributed by atoms with Crippen LogP contribution in [0.1, 0.15) is 40.5 Å². The minimum Gasteiger partial charge on any atom is -0.481 e. The van der Waals surface area contributed by atoms with E-state index in [9.17, 15) is 25.0 Å². The average molecular weight is 369 g/mol. The summed E-state index contributed by atoms with van der Waals surface area (Å²) in [5.41, 5.74) is -2.05. The van der Waals surface area contributed by atoms with E-state index in [4.69, 9.17) is 9.84 Å². The van der Waals surface area contributed by atoms with Crippen LogP contribution in [0.4, 0.5) is 17.1 Å². The van der Waals surface area contributed by atoms with Crippen molar-refractivity contribution < 1.29 is 24.5 Å². The van der Waals surface area contributed by atoms with Crippen molar-refractivity contribution in [1.82, 2.24) is 0 Å². The van der Waals surface area contributed by atoms with Crippen molar-refractivity contribution in [2.45, 2.75) is 51.7 Å². The fourth-order valence-electron chi connectivity index (χ4n) is 2.32. The van der Waals surface area contributed by atoms with Crippen LogP contribution in [0.15, 0.2) is 18.2 Å². The maximum Gasteiger partial charge on any atom is 0.306 e. The third-order valence-corrected chi connectivity index (χ3v) is 3.66. The van der Waals surface area contributed by atoms with Gasteiger partial charge in [-0.15, -0.1) is 0 Å². The number of benzene rings is 1. The van der Waals surface area contributed by atoms with E-state index in [1.807, 2.05) is 0 Å². The Hall–Kier alpha value is -2.75. The topological polar surface area (TPSA) is 145 Å². The van der Waals surface area contributed by atoms with Crippen molar-refractivity contribution in [1.29, 1.82) is 0 Å². The summed E-state index contributed by atoms with van der Waals surface area (Å²) in [6, 6.07) is 3.40. The van der Waals surface area contributed by atoms with Gasteiger partial charge in [-0.05, 0) is 40.2 Å². The van der Waals surface area contributed by atoms with E-state index in [0.717, 1.165) is 6.07 Å². The Labute approximate surface area is 150 Å². The number of anilines is 1.